The van der Waals surface area contributed by atoms with Crippen molar-refractivity contribution in [2.75, 3.05) is 5.32 Å². The molecule has 1 aromatic carbocycles. The minimum absolute atomic E-state index is 0.411. The smallest absolute Gasteiger partial charge is 0.335 e. The Morgan fingerprint density at radius 2 is 1.95 bits per heavy atom. The predicted octanol–water partition coefficient (Wildman–Crippen LogP) is 2.51. The second kappa shape index (κ2) is 5.28. The van der Waals surface area contributed by atoms with Gasteiger partial charge in [-0.25, -0.2) is 4.79 Å². The number of aryl methyl sites for hydroxylation is 2. The average molecular weight is 271 g/mol. The van der Waals surface area contributed by atoms with Gasteiger partial charge in [0.2, 0.25) is 0 Å². The van der Waals surface area contributed by atoms with Crippen molar-refractivity contribution in [3.8, 4) is 0 Å². The Morgan fingerprint density at radius 3 is 2.55 bits per heavy atom. The molecule has 0 aliphatic rings. The number of rotatable bonds is 4. The summed E-state index contributed by atoms with van der Waals surface area (Å²) in [7, 11) is 0. The number of benzene rings is 1. The molecule has 2 aromatic rings. The Balaban J connectivity index is 2.46. The van der Waals surface area contributed by atoms with E-state index in [1.54, 1.807) is 20.0 Å². The molecule has 1 aromatic heterocycles. The molecule has 1 heterocycles. The first kappa shape index (κ1) is 14.0. The summed E-state index contributed by atoms with van der Waals surface area (Å²) in [5.74, 6) is -0.998. The Labute approximate surface area is 117 Å². The lowest BCUT2D eigenvalue weighted by Gasteiger charge is -2.27. The van der Waals surface area contributed by atoms with Crippen LogP contribution in [0.1, 0.15) is 23.9 Å². The zero-order chi connectivity index (χ0) is 14.8. The molecule has 0 aliphatic carbocycles. The van der Waals surface area contributed by atoms with Gasteiger partial charge < -0.3 is 10.4 Å². The first-order chi connectivity index (χ1) is 9.43. The molecule has 20 heavy (non-hydrogen) atoms. The van der Waals surface area contributed by atoms with Crippen molar-refractivity contribution in [1.82, 2.24) is 9.97 Å². The van der Waals surface area contributed by atoms with Crippen molar-refractivity contribution in [2.24, 2.45) is 0 Å². The minimum Gasteiger partial charge on any atom is -0.479 e. The third-order valence-electron chi connectivity index (χ3n) is 3.19. The Kier molecular flexibility index (Phi) is 3.70. The van der Waals surface area contributed by atoms with E-state index in [0.717, 1.165) is 11.3 Å². The predicted molar refractivity (Wildman–Crippen MR) is 76.6 cm³/mol. The van der Waals surface area contributed by atoms with E-state index in [1.165, 1.54) is 6.20 Å². The molecule has 0 saturated carbocycles. The highest BCUT2D eigenvalue weighted by Crippen LogP contribution is 2.27. The van der Waals surface area contributed by atoms with Crippen LogP contribution >= 0.6 is 0 Å². The van der Waals surface area contributed by atoms with Crippen LogP contribution in [0.15, 0.2) is 36.7 Å². The molecule has 0 bridgehead atoms. The van der Waals surface area contributed by atoms with Gasteiger partial charge >= 0.3 is 5.97 Å². The molecule has 1 atom stereocenters. The highest BCUT2D eigenvalue weighted by Gasteiger charge is 2.38. The zero-order valence-electron chi connectivity index (χ0n) is 11.7. The molecule has 0 radical (unpaired) electrons. The Bertz CT molecular complexity index is 643. The number of hydrogen-bond donors (Lipinski definition) is 2. The molecule has 5 nitrogen and oxygen atoms in total. The van der Waals surface area contributed by atoms with Crippen LogP contribution in [0.5, 0.6) is 0 Å². The van der Waals surface area contributed by atoms with E-state index < -0.39 is 11.5 Å². The summed E-state index contributed by atoms with van der Waals surface area (Å²) in [6.07, 6.45) is 3.05. The number of nitrogens with one attached hydrogen (secondary N) is 1. The van der Waals surface area contributed by atoms with E-state index in [1.807, 2.05) is 31.2 Å². The van der Waals surface area contributed by atoms with Gasteiger partial charge in [0.1, 0.15) is 0 Å². The number of carboxylic acids is 1. The van der Waals surface area contributed by atoms with Crippen molar-refractivity contribution in [3.63, 3.8) is 0 Å². The molecule has 2 N–H and O–H groups in total. The van der Waals surface area contributed by atoms with Gasteiger partial charge in [-0.05, 0) is 38.5 Å². The number of hydrogen-bond acceptors (Lipinski definition) is 4. The van der Waals surface area contributed by atoms with Gasteiger partial charge in [-0.1, -0.05) is 12.1 Å². The van der Waals surface area contributed by atoms with Crippen LogP contribution in [0, 0.1) is 13.8 Å². The highest BCUT2D eigenvalue weighted by atomic mass is 16.4. The lowest BCUT2D eigenvalue weighted by molar-refractivity contribution is -0.142. The fourth-order valence-electron chi connectivity index (χ4n) is 2.12. The van der Waals surface area contributed by atoms with E-state index in [0.29, 0.717) is 11.4 Å². The quantitative estimate of drug-likeness (QED) is 0.893. The fourth-order valence-corrected chi connectivity index (χ4v) is 2.12. The molecule has 104 valence electrons. The number of anilines is 1. The summed E-state index contributed by atoms with van der Waals surface area (Å²) in [6.45, 7) is 5.30. The topological polar surface area (TPSA) is 75.1 Å². The van der Waals surface area contributed by atoms with E-state index in [-0.39, 0.29) is 0 Å². The molecule has 1 unspecified atom stereocenters. The Morgan fingerprint density at radius 1 is 1.25 bits per heavy atom. The van der Waals surface area contributed by atoms with Gasteiger partial charge in [0.15, 0.2) is 5.54 Å². The number of carbonyl (C=O) groups is 1. The fraction of sp³-hybridized carbons (Fsp3) is 0.267. The van der Waals surface area contributed by atoms with Gasteiger partial charge in [0, 0.05) is 18.1 Å². The maximum atomic E-state index is 11.7. The van der Waals surface area contributed by atoms with E-state index in [4.69, 9.17) is 0 Å². The molecule has 0 aliphatic heterocycles. The Hall–Kier alpha value is -2.43. The van der Waals surface area contributed by atoms with Gasteiger partial charge in [-0.3, -0.25) is 9.97 Å². The van der Waals surface area contributed by atoms with E-state index >= 15 is 0 Å². The maximum absolute atomic E-state index is 11.7. The van der Waals surface area contributed by atoms with E-state index in [9.17, 15) is 9.90 Å². The van der Waals surface area contributed by atoms with Crippen LogP contribution in [-0.4, -0.2) is 21.0 Å². The lowest BCUT2D eigenvalue weighted by atomic mass is 9.95. The number of carboxylic acid groups (broad SMARTS) is 1. The summed E-state index contributed by atoms with van der Waals surface area (Å²) in [4.78, 5) is 20.0. The summed E-state index contributed by atoms with van der Waals surface area (Å²) in [5, 5.41) is 12.7. The molecular weight excluding hydrogens is 254 g/mol. The zero-order valence-corrected chi connectivity index (χ0v) is 11.7. The third-order valence-corrected chi connectivity index (χ3v) is 3.19. The van der Waals surface area contributed by atoms with E-state index in [2.05, 4.69) is 15.3 Å². The molecular formula is C15H17N3O2. The second-order valence-corrected chi connectivity index (χ2v) is 4.91. The molecule has 0 spiro atoms. The summed E-state index contributed by atoms with van der Waals surface area (Å²) in [5.41, 5.74) is 1.47. The van der Waals surface area contributed by atoms with Crippen molar-refractivity contribution >= 4 is 11.7 Å². The van der Waals surface area contributed by atoms with Gasteiger partial charge in [0.05, 0.1) is 11.4 Å². The van der Waals surface area contributed by atoms with Gasteiger partial charge in [0.25, 0.3) is 0 Å². The molecule has 5 heteroatoms. The van der Waals surface area contributed by atoms with Crippen molar-refractivity contribution in [2.45, 2.75) is 26.3 Å². The van der Waals surface area contributed by atoms with Crippen LogP contribution < -0.4 is 5.32 Å². The maximum Gasteiger partial charge on any atom is 0.335 e. The lowest BCUT2D eigenvalue weighted by Crippen LogP contribution is -2.42. The molecule has 0 fully saturated rings. The molecule has 0 saturated heterocycles. The van der Waals surface area contributed by atoms with Gasteiger partial charge in [-0.2, -0.15) is 0 Å². The molecule has 2 rings (SSSR count). The minimum atomic E-state index is -1.33. The van der Waals surface area contributed by atoms with Crippen molar-refractivity contribution in [3.05, 3.63) is 53.6 Å². The SMILES string of the molecule is Cc1cccc(NC(C)(C(=O)O)c2nccnc2C)c1. The first-order valence-corrected chi connectivity index (χ1v) is 6.30. The van der Waals surface area contributed by atoms with Crippen molar-refractivity contribution < 1.29 is 9.90 Å². The number of aromatic nitrogens is 2. The summed E-state index contributed by atoms with van der Waals surface area (Å²) >= 11 is 0. The van der Waals surface area contributed by atoms with Crippen LogP contribution in [0.4, 0.5) is 5.69 Å². The first-order valence-electron chi connectivity index (χ1n) is 6.30. The second-order valence-electron chi connectivity index (χ2n) is 4.91. The normalized spacial score (nSPS) is 13.6. The van der Waals surface area contributed by atoms with Crippen LogP contribution in [0.25, 0.3) is 0 Å². The van der Waals surface area contributed by atoms with Gasteiger partial charge in [-0.15, -0.1) is 0 Å². The van der Waals surface area contributed by atoms with Crippen LogP contribution in [0.3, 0.4) is 0 Å². The summed E-state index contributed by atoms with van der Waals surface area (Å²) < 4.78 is 0. The highest BCUT2D eigenvalue weighted by molar-refractivity contribution is 5.83. The van der Waals surface area contributed by atoms with Crippen LogP contribution in [-0.2, 0) is 10.3 Å². The standard InChI is InChI=1S/C15H17N3O2/c1-10-5-4-6-12(9-10)18-15(3,14(19)20)13-11(2)16-7-8-17-13/h4-9,18H,1-3H3,(H,19,20). The molecule has 0 amide bonds. The average Bonchev–Trinajstić information content (AvgIpc) is 2.38. The number of nitrogens with zero attached hydrogens (tertiary/aromatic N) is 2. The van der Waals surface area contributed by atoms with Crippen molar-refractivity contribution in [1.29, 1.82) is 0 Å². The summed E-state index contributed by atoms with van der Waals surface area (Å²) in [6, 6.07) is 7.56. The van der Waals surface area contributed by atoms with Crippen LogP contribution in [0.2, 0.25) is 0 Å². The largest absolute Gasteiger partial charge is 0.479 e. The number of aliphatic carboxylic acids is 1. The monoisotopic (exact) mass is 271 g/mol. The third kappa shape index (κ3) is 2.61.